The number of benzene rings is 1. The lowest BCUT2D eigenvalue weighted by atomic mass is 10.1. The molecule has 0 aliphatic heterocycles. The van der Waals surface area contributed by atoms with Gasteiger partial charge in [0.2, 0.25) is 0 Å². The van der Waals surface area contributed by atoms with Crippen LogP contribution < -0.4 is 5.73 Å². The first-order valence-electron chi connectivity index (χ1n) is 5.84. The summed E-state index contributed by atoms with van der Waals surface area (Å²) >= 11 is 6.50. The highest BCUT2D eigenvalue weighted by Crippen LogP contribution is 2.15. The van der Waals surface area contributed by atoms with E-state index in [0.717, 1.165) is 6.54 Å². The van der Waals surface area contributed by atoms with E-state index in [0.29, 0.717) is 17.7 Å². The second-order valence-electron chi connectivity index (χ2n) is 4.47. The van der Waals surface area contributed by atoms with Gasteiger partial charge in [0.25, 0.3) is 0 Å². The molecule has 0 aliphatic carbocycles. The predicted molar refractivity (Wildman–Crippen MR) is 81.8 cm³/mol. The third kappa shape index (κ3) is 3.83. The average Bonchev–Trinajstić information content (AvgIpc) is 2.84. The molecule has 0 unspecified atom stereocenters. The van der Waals surface area contributed by atoms with Crippen molar-refractivity contribution in [3.8, 4) is 0 Å². The molecule has 2 N–H and O–H groups in total. The van der Waals surface area contributed by atoms with E-state index in [-0.39, 0.29) is 10.8 Å². The topological polar surface area (TPSA) is 29.3 Å². The fraction of sp³-hybridized carbons (Fsp3) is 0.214. The molecule has 0 saturated carbocycles. The molecule has 5 heteroatoms. The van der Waals surface area contributed by atoms with Gasteiger partial charge in [-0.15, -0.1) is 0 Å². The molecule has 2 nitrogen and oxygen atoms in total. The summed E-state index contributed by atoms with van der Waals surface area (Å²) in [7, 11) is 1.97. The van der Waals surface area contributed by atoms with Crippen LogP contribution >= 0.6 is 23.6 Å². The first-order valence-corrected chi connectivity index (χ1v) is 7.19. The third-order valence-corrected chi connectivity index (χ3v) is 3.78. The number of halogens is 1. The van der Waals surface area contributed by atoms with Crippen LogP contribution in [0.15, 0.2) is 35.0 Å². The van der Waals surface area contributed by atoms with E-state index < -0.39 is 0 Å². The minimum absolute atomic E-state index is 0.220. The van der Waals surface area contributed by atoms with Crippen molar-refractivity contribution in [2.75, 3.05) is 7.05 Å². The van der Waals surface area contributed by atoms with Gasteiger partial charge < -0.3 is 5.73 Å². The lowest BCUT2D eigenvalue weighted by molar-refractivity contribution is 0.314. The fourth-order valence-electron chi connectivity index (χ4n) is 1.87. The molecule has 0 atom stereocenters. The zero-order valence-electron chi connectivity index (χ0n) is 10.6. The Morgan fingerprint density at radius 1 is 1.37 bits per heavy atom. The smallest absolute Gasteiger partial charge is 0.128 e. The van der Waals surface area contributed by atoms with Crippen LogP contribution in [0.2, 0.25) is 0 Å². The number of nitrogens with two attached hydrogens (primary N) is 1. The molecule has 2 rings (SSSR count). The van der Waals surface area contributed by atoms with E-state index in [9.17, 15) is 4.39 Å². The van der Waals surface area contributed by atoms with Gasteiger partial charge in [0.15, 0.2) is 0 Å². The molecule has 0 amide bonds. The monoisotopic (exact) mass is 294 g/mol. The zero-order chi connectivity index (χ0) is 13.8. The van der Waals surface area contributed by atoms with Crippen molar-refractivity contribution < 1.29 is 4.39 Å². The summed E-state index contributed by atoms with van der Waals surface area (Å²) in [5.41, 5.74) is 7.94. The average molecular weight is 294 g/mol. The van der Waals surface area contributed by atoms with Gasteiger partial charge in [-0.3, -0.25) is 4.90 Å². The van der Waals surface area contributed by atoms with Crippen molar-refractivity contribution in [1.82, 2.24) is 4.90 Å². The molecular weight excluding hydrogens is 279 g/mol. The van der Waals surface area contributed by atoms with E-state index in [1.807, 2.05) is 12.4 Å². The van der Waals surface area contributed by atoms with Crippen LogP contribution in [-0.4, -0.2) is 16.9 Å². The summed E-state index contributed by atoms with van der Waals surface area (Å²) in [4.78, 5) is 2.29. The van der Waals surface area contributed by atoms with Crippen molar-refractivity contribution in [3.05, 3.63) is 57.5 Å². The molecule has 0 fully saturated rings. The Kier molecular flexibility index (Phi) is 4.63. The lowest BCUT2D eigenvalue weighted by Gasteiger charge is -2.16. The number of nitrogens with zero attached hydrogens (tertiary/aromatic N) is 1. The third-order valence-electron chi connectivity index (χ3n) is 2.81. The van der Waals surface area contributed by atoms with E-state index >= 15 is 0 Å². The van der Waals surface area contributed by atoms with Crippen LogP contribution in [0.1, 0.15) is 16.7 Å². The molecule has 0 bridgehead atoms. The molecule has 1 aromatic heterocycles. The first kappa shape index (κ1) is 14.1. The Bertz CT molecular complexity index is 567. The maximum atomic E-state index is 13.9. The molecule has 0 saturated heterocycles. The molecule has 1 heterocycles. The Hall–Kier alpha value is -1.30. The summed E-state index contributed by atoms with van der Waals surface area (Å²) in [6, 6.07) is 6.98. The molecular formula is C14H15FN2S2. The van der Waals surface area contributed by atoms with Crippen molar-refractivity contribution in [3.63, 3.8) is 0 Å². The maximum absolute atomic E-state index is 13.9. The molecule has 0 aliphatic rings. The van der Waals surface area contributed by atoms with Gasteiger partial charge >= 0.3 is 0 Å². The summed E-state index contributed by atoms with van der Waals surface area (Å²) in [6.45, 7) is 1.36. The summed E-state index contributed by atoms with van der Waals surface area (Å²) in [5.74, 6) is -0.262. The Morgan fingerprint density at radius 2 is 2.16 bits per heavy atom. The van der Waals surface area contributed by atoms with Gasteiger partial charge in [-0.25, -0.2) is 4.39 Å². The summed E-state index contributed by atoms with van der Waals surface area (Å²) in [6.07, 6.45) is 0. The molecule has 100 valence electrons. The van der Waals surface area contributed by atoms with Gasteiger partial charge in [0, 0.05) is 24.2 Å². The van der Waals surface area contributed by atoms with Crippen molar-refractivity contribution in [1.29, 1.82) is 0 Å². The quantitative estimate of drug-likeness (QED) is 0.859. The van der Waals surface area contributed by atoms with Crippen molar-refractivity contribution in [2.24, 2.45) is 5.73 Å². The predicted octanol–water partition coefficient (Wildman–Crippen LogP) is 3.15. The number of thiocarbonyl (C=S) groups is 1. The normalized spacial score (nSPS) is 10.9. The summed E-state index contributed by atoms with van der Waals surface area (Å²) < 4.78 is 13.9. The molecule has 1 aromatic carbocycles. The number of rotatable bonds is 5. The number of hydrogen-bond acceptors (Lipinski definition) is 3. The zero-order valence-corrected chi connectivity index (χ0v) is 12.2. The Morgan fingerprint density at radius 3 is 2.74 bits per heavy atom. The van der Waals surface area contributed by atoms with E-state index in [1.165, 1.54) is 11.6 Å². The van der Waals surface area contributed by atoms with Crippen LogP contribution in [0.25, 0.3) is 0 Å². The number of thiophene rings is 1. The first-order chi connectivity index (χ1) is 9.06. The van der Waals surface area contributed by atoms with Crippen LogP contribution in [-0.2, 0) is 13.1 Å². The van der Waals surface area contributed by atoms with Crippen molar-refractivity contribution in [2.45, 2.75) is 13.1 Å². The highest BCUT2D eigenvalue weighted by Gasteiger charge is 2.08. The van der Waals surface area contributed by atoms with Gasteiger partial charge in [-0.05, 0) is 35.5 Å². The highest BCUT2D eigenvalue weighted by molar-refractivity contribution is 7.80. The van der Waals surface area contributed by atoms with E-state index in [1.54, 1.807) is 23.5 Å². The van der Waals surface area contributed by atoms with E-state index in [2.05, 4.69) is 16.3 Å². The van der Waals surface area contributed by atoms with Crippen LogP contribution in [0, 0.1) is 5.82 Å². The molecule has 0 spiro atoms. The van der Waals surface area contributed by atoms with Crippen LogP contribution in [0.3, 0.4) is 0 Å². The highest BCUT2D eigenvalue weighted by atomic mass is 32.1. The SMILES string of the molecule is CN(Cc1ccsc1)Cc1ccc(C(N)=S)cc1F. The van der Waals surface area contributed by atoms with Gasteiger partial charge in [-0.1, -0.05) is 24.4 Å². The molecule has 19 heavy (non-hydrogen) atoms. The number of hydrogen-bond donors (Lipinski definition) is 1. The van der Waals surface area contributed by atoms with Crippen molar-refractivity contribution >= 4 is 28.5 Å². The van der Waals surface area contributed by atoms with Gasteiger partial charge in [0.1, 0.15) is 10.8 Å². The van der Waals surface area contributed by atoms with Crippen LogP contribution in [0.4, 0.5) is 4.39 Å². The fourth-order valence-corrected chi connectivity index (χ4v) is 2.66. The second kappa shape index (κ2) is 6.23. The minimum atomic E-state index is -0.262. The summed E-state index contributed by atoms with van der Waals surface area (Å²) in [5, 5.41) is 4.14. The van der Waals surface area contributed by atoms with Gasteiger partial charge in [0.05, 0.1) is 0 Å². The van der Waals surface area contributed by atoms with Crippen LogP contribution in [0.5, 0.6) is 0 Å². The maximum Gasteiger partial charge on any atom is 0.128 e. The minimum Gasteiger partial charge on any atom is -0.389 e. The van der Waals surface area contributed by atoms with Gasteiger partial charge in [-0.2, -0.15) is 11.3 Å². The lowest BCUT2D eigenvalue weighted by Crippen LogP contribution is -2.18. The van der Waals surface area contributed by atoms with E-state index in [4.69, 9.17) is 18.0 Å². The second-order valence-corrected chi connectivity index (χ2v) is 5.69. The Balaban J connectivity index is 2.04. The molecule has 0 radical (unpaired) electrons. The standard InChI is InChI=1S/C14H15FN2S2/c1-17(7-10-4-5-19-9-10)8-12-3-2-11(14(16)18)6-13(12)15/h2-6,9H,7-8H2,1H3,(H2,16,18). The largest absolute Gasteiger partial charge is 0.389 e. The molecule has 2 aromatic rings. The Labute approximate surface area is 121 Å².